The summed E-state index contributed by atoms with van der Waals surface area (Å²) in [6.07, 6.45) is -2.23. The fourth-order valence-corrected chi connectivity index (χ4v) is 6.59. The number of hydrogen-bond donors (Lipinski definition) is 1. The summed E-state index contributed by atoms with van der Waals surface area (Å²) >= 11 is 0. The van der Waals surface area contributed by atoms with E-state index < -0.39 is 43.7 Å². The van der Waals surface area contributed by atoms with Crippen molar-refractivity contribution in [3.63, 3.8) is 0 Å². The first-order valence-electron chi connectivity index (χ1n) is 11.4. The summed E-state index contributed by atoms with van der Waals surface area (Å²) in [6.45, 7) is 2.19. The van der Waals surface area contributed by atoms with E-state index >= 15 is 0 Å². The molecule has 9 nitrogen and oxygen atoms in total. The first-order valence-corrected chi connectivity index (χ1v) is 14.7. The van der Waals surface area contributed by atoms with E-state index in [1.54, 1.807) is 0 Å². The fraction of sp³-hybridized carbons (Fsp3) is 0.435. The maximum atomic E-state index is 13.1. The van der Waals surface area contributed by atoms with Crippen molar-refractivity contribution in [2.45, 2.75) is 36.9 Å². The maximum Gasteiger partial charge on any atom is 0.416 e. The summed E-state index contributed by atoms with van der Waals surface area (Å²) < 4.78 is 96.7. The second-order valence-corrected chi connectivity index (χ2v) is 12.3. The molecule has 2 aromatic carbocycles. The molecule has 1 aliphatic heterocycles. The Labute approximate surface area is 214 Å². The average Bonchev–Trinajstić information content (AvgIpc) is 3.37. The Morgan fingerprint density at radius 2 is 1.70 bits per heavy atom. The molecule has 0 saturated carbocycles. The molecule has 0 bridgehead atoms. The van der Waals surface area contributed by atoms with Crippen molar-refractivity contribution in [3.05, 3.63) is 54.1 Å². The van der Waals surface area contributed by atoms with Gasteiger partial charge in [0, 0.05) is 13.1 Å². The van der Waals surface area contributed by atoms with Crippen molar-refractivity contribution in [2.75, 3.05) is 36.8 Å². The Hall–Kier alpha value is -2.84. The van der Waals surface area contributed by atoms with Crippen LogP contribution in [-0.2, 0) is 31.0 Å². The number of benzene rings is 2. The molecule has 1 aliphatic rings. The lowest BCUT2D eigenvalue weighted by Crippen LogP contribution is -2.48. The number of anilines is 1. The van der Waals surface area contributed by atoms with E-state index in [1.165, 1.54) is 41.6 Å². The third kappa shape index (κ3) is 7.14. The molecular weight excluding hydrogens is 535 g/mol. The number of carbonyl (C=O) groups is 1. The quantitative estimate of drug-likeness (QED) is 0.445. The van der Waals surface area contributed by atoms with Crippen molar-refractivity contribution in [1.82, 2.24) is 9.62 Å². The second-order valence-electron chi connectivity index (χ2n) is 8.50. The molecule has 1 saturated heterocycles. The van der Waals surface area contributed by atoms with E-state index in [-0.39, 0.29) is 23.7 Å². The van der Waals surface area contributed by atoms with Gasteiger partial charge in [-0.15, -0.1) is 0 Å². The molecule has 1 amide bonds. The van der Waals surface area contributed by atoms with Gasteiger partial charge in [-0.25, -0.2) is 16.8 Å². The zero-order valence-electron chi connectivity index (χ0n) is 20.2. The van der Waals surface area contributed by atoms with Gasteiger partial charge in [-0.1, -0.05) is 6.07 Å². The van der Waals surface area contributed by atoms with Gasteiger partial charge in [-0.2, -0.15) is 17.5 Å². The minimum Gasteiger partial charge on any atom is -0.492 e. The summed E-state index contributed by atoms with van der Waals surface area (Å²) in [5, 5.41) is 2.50. The van der Waals surface area contributed by atoms with Crippen molar-refractivity contribution in [1.29, 1.82) is 0 Å². The molecule has 1 heterocycles. The Balaban J connectivity index is 1.58. The van der Waals surface area contributed by atoms with E-state index in [0.29, 0.717) is 29.2 Å². The van der Waals surface area contributed by atoms with Crippen LogP contribution in [-0.4, -0.2) is 65.6 Å². The number of alkyl halides is 3. The lowest BCUT2D eigenvalue weighted by atomic mass is 10.2. The van der Waals surface area contributed by atoms with Gasteiger partial charge in [0.15, 0.2) is 0 Å². The summed E-state index contributed by atoms with van der Waals surface area (Å²) in [6, 6.07) is 8.23. The van der Waals surface area contributed by atoms with Gasteiger partial charge in [0.25, 0.3) is 0 Å². The van der Waals surface area contributed by atoms with Gasteiger partial charge in [-0.3, -0.25) is 9.10 Å². The number of ether oxygens (including phenoxy) is 1. The molecule has 0 radical (unpaired) electrons. The maximum absolute atomic E-state index is 13.1. The largest absolute Gasteiger partial charge is 0.492 e. The van der Waals surface area contributed by atoms with E-state index in [9.17, 15) is 34.8 Å². The highest BCUT2D eigenvalue weighted by molar-refractivity contribution is 7.92. The van der Waals surface area contributed by atoms with Gasteiger partial charge >= 0.3 is 6.18 Å². The molecule has 3 rings (SSSR count). The third-order valence-electron chi connectivity index (χ3n) is 5.71. The number of hydrogen-bond acceptors (Lipinski definition) is 6. The normalized spacial score (nSPS) is 15.8. The first-order chi connectivity index (χ1) is 17.2. The van der Waals surface area contributed by atoms with Crippen LogP contribution >= 0.6 is 0 Å². The van der Waals surface area contributed by atoms with E-state index in [4.69, 9.17) is 4.74 Å². The Kier molecular flexibility index (Phi) is 8.75. The minimum atomic E-state index is -4.68. The molecule has 0 spiro atoms. The van der Waals surface area contributed by atoms with Gasteiger partial charge in [0.05, 0.1) is 28.9 Å². The zero-order chi connectivity index (χ0) is 27.4. The smallest absolute Gasteiger partial charge is 0.416 e. The Morgan fingerprint density at radius 1 is 1.08 bits per heavy atom. The van der Waals surface area contributed by atoms with Gasteiger partial charge in [0.1, 0.15) is 18.4 Å². The number of rotatable bonds is 10. The number of amides is 1. The molecule has 204 valence electrons. The van der Waals surface area contributed by atoms with Crippen molar-refractivity contribution in [3.8, 4) is 5.75 Å². The fourth-order valence-electron chi connectivity index (χ4n) is 3.90. The Morgan fingerprint density at radius 3 is 2.27 bits per heavy atom. The molecular formula is C23H28F3N3O6S2. The molecule has 0 aromatic heterocycles. The molecule has 1 unspecified atom stereocenters. The van der Waals surface area contributed by atoms with E-state index in [1.807, 2.05) is 0 Å². The van der Waals surface area contributed by atoms with Crippen molar-refractivity contribution >= 4 is 31.6 Å². The number of nitrogens with one attached hydrogen (secondary N) is 1. The average molecular weight is 564 g/mol. The van der Waals surface area contributed by atoms with Crippen LogP contribution in [0.5, 0.6) is 5.75 Å². The minimum absolute atomic E-state index is 0.0148. The van der Waals surface area contributed by atoms with Crippen LogP contribution in [0.3, 0.4) is 0 Å². The second kappa shape index (κ2) is 11.3. The van der Waals surface area contributed by atoms with Gasteiger partial charge < -0.3 is 10.1 Å². The topological polar surface area (TPSA) is 113 Å². The van der Waals surface area contributed by atoms with E-state index in [0.717, 1.165) is 31.2 Å². The molecule has 1 fully saturated rings. The standard InChI is InChI=1S/C23H28F3N3O6S2/c1-17(29(36(2,31)32)19-7-5-6-18(16-19)23(24,25)26)22(30)27-12-15-35-20-8-10-21(11-9-20)37(33,34)28-13-3-4-14-28/h5-11,16-17H,3-4,12-15H2,1-2H3,(H,27,30). The number of halogens is 3. The first kappa shape index (κ1) is 28.7. The van der Waals surface area contributed by atoms with E-state index in [2.05, 4.69) is 5.32 Å². The summed E-state index contributed by atoms with van der Waals surface area (Å²) in [4.78, 5) is 12.8. The van der Waals surface area contributed by atoms with Crippen LogP contribution in [0.1, 0.15) is 25.3 Å². The number of carbonyl (C=O) groups excluding carboxylic acids is 1. The lowest BCUT2D eigenvalue weighted by molar-refractivity contribution is -0.137. The van der Waals surface area contributed by atoms with Crippen LogP contribution in [0.4, 0.5) is 18.9 Å². The Bertz CT molecular complexity index is 1310. The highest BCUT2D eigenvalue weighted by Gasteiger charge is 2.34. The highest BCUT2D eigenvalue weighted by Crippen LogP contribution is 2.33. The third-order valence-corrected chi connectivity index (χ3v) is 8.87. The van der Waals surface area contributed by atoms with Crippen LogP contribution in [0.15, 0.2) is 53.4 Å². The van der Waals surface area contributed by atoms with Gasteiger partial charge in [-0.05, 0) is 62.2 Å². The van der Waals surface area contributed by atoms with Crippen molar-refractivity contribution in [2.24, 2.45) is 0 Å². The molecule has 1 N–H and O–H groups in total. The van der Waals surface area contributed by atoms with Crippen LogP contribution < -0.4 is 14.4 Å². The van der Waals surface area contributed by atoms with Crippen LogP contribution in [0.25, 0.3) is 0 Å². The zero-order valence-corrected chi connectivity index (χ0v) is 21.9. The molecule has 2 aromatic rings. The van der Waals surface area contributed by atoms with Crippen LogP contribution in [0.2, 0.25) is 0 Å². The number of nitrogens with zero attached hydrogens (tertiary/aromatic N) is 2. The predicted octanol–water partition coefficient (Wildman–Crippen LogP) is 2.84. The summed E-state index contributed by atoms with van der Waals surface area (Å²) in [5.41, 5.74) is -1.33. The predicted molar refractivity (Wildman–Crippen MR) is 131 cm³/mol. The lowest BCUT2D eigenvalue weighted by Gasteiger charge is -2.28. The highest BCUT2D eigenvalue weighted by atomic mass is 32.2. The molecule has 37 heavy (non-hydrogen) atoms. The molecule has 1 atom stereocenters. The summed E-state index contributed by atoms with van der Waals surface area (Å²) in [7, 11) is -7.65. The summed E-state index contributed by atoms with van der Waals surface area (Å²) in [5.74, 6) is -0.372. The monoisotopic (exact) mass is 563 g/mol. The molecule has 14 heteroatoms. The number of sulfonamides is 2. The molecule has 0 aliphatic carbocycles. The SMILES string of the molecule is CC(C(=O)NCCOc1ccc(S(=O)(=O)N2CCCC2)cc1)N(c1cccc(C(F)(F)F)c1)S(C)(=O)=O. The van der Waals surface area contributed by atoms with Gasteiger partial charge in [0.2, 0.25) is 26.0 Å². The van der Waals surface area contributed by atoms with Crippen molar-refractivity contribution < 1.29 is 39.5 Å². The van der Waals surface area contributed by atoms with Crippen LogP contribution in [0, 0.1) is 0 Å².